The minimum Gasteiger partial charge on any atom is -0.507 e. The van der Waals surface area contributed by atoms with Gasteiger partial charge >= 0.3 is 0 Å². The van der Waals surface area contributed by atoms with Gasteiger partial charge in [-0.15, -0.1) is 0 Å². The fourth-order valence-electron chi connectivity index (χ4n) is 2.06. The number of benzene rings is 2. The number of phenols is 1. The van der Waals surface area contributed by atoms with Crippen molar-refractivity contribution >= 4 is 16.7 Å². The van der Waals surface area contributed by atoms with E-state index in [4.69, 9.17) is 4.74 Å². The second-order valence-electron chi connectivity index (χ2n) is 5.44. The summed E-state index contributed by atoms with van der Waals surface area (Å²) in [5.74, 6) is 0.186. The van der Waals surface area contributed by atoms with Crippen LogP contribution in [0.25, 0.3) is 10.8 Å². The third-order valence-corrected chi connectivity index (χ3v) is 3.09. The van der Waals surface area contributed by atoms with Gasteiger partial charge in [0.2, 0.25) is 0 Å². The Morgan fingerprint density at radius 2 is 1.90 bits per heavy atom. The third-order valence-electron chi connectivity index (χ3n) is 3.09. The van der Waals surface area contributed by atoms with E-state index in [-0.39, 0.29) is 17.2 Å². The molecule has 0 bridgehead atoms. The van der Waals surface area contributed by atoms with Gasteiger partial charge in [-0.05, 0) is 28.8 Å². The Labute approximate surface area is 124 Å². The predicted octanol–water partition coefficient (Wildman–Crippen LogP) is 2.95. The first-order chi connectivity index (χ1) is 10.1. The molecule has 0 fully saturated rings. The van der Waals surface area contributed by atoms with Crippen LogP contribution in [-0.2, 0) is 4.74 Å². The van der Waals surface area contributed by atoms with Crippen molar-refractivity contribution < 1.29 is 14.6 Å². The molecule has 0 aliphatic carbocycles. The molecule has 4 heteroatoms. The Kier molecular flexibility index (Phi) is 5.17. The number of aromatic hydroxyl groups is 1. The number of hydrogen-bond donors (Lipinski definition) is 2. The quantitative estimate of drug-likeness (QED) is 0.803. The number of hydrogen-bond acceptors (Lipinski definition) is 3. The standard InChI is InChI=1S/C17H21NO3/c1-12(2)11-21-8-7-18-17(20)15-9-13-5-3-4-6-14(13)10-16(15)19/h3-6,9-10,12,19H,7-8,11H2,1-2H3,(H,18,20). The van der Waals surface area contributed by atoms with Gasteiger partial charge in [0, 0.05) is 13.2 Å². The first-order valence-corrected chi connectivity index (χ1v) is 7.15. The highest BCUT2D eigenvalue weighted by Crippen LogP contribution is 2.24. The molecule has 0 radical (unpaired) electrons. The molecule has 2 N–H and O–H groups in total. The summed E-state index contributed by atoms with van der Waals surface area (Å²) in [5.41, 5.74) is 0.289. The number of phenolic OH excluding ortho intramolecular Hbond substituents is 1. The van der Waals surface area contributed by atoms with Crippen molar-refractivity contribution in [2.75, 3.05) is 19.8 Å². The van der Waals surface area contributed by atoms with Crippen LogP contribution in [0.15, 0.2) is 36.4 Å². The van der Waals surface area contributed by atoms with Crippen molar-refractivity contribution in [1.82, 2.24) is 5.32 Å². The average Bonchev–Trinajstić information content (AvgIpc) is 2.45. The van der Waals surface area contributed by atoms with E-state index in [0.717, 1.165) is 10.8 Å². The second kappa shape index (κ2) is 7.09. The molecule has 21 heavy (non-hydrogen) atoms. The van der Waals surface area contributed by atoms with E-state index in [0.29, 0.717) is 25.7 Å². The number of ether oxygens (including phenoxy) is 1. The monoisotopic (exact) mass is 287 g/mol. The molecule has 112 valence electrons. The van der Waals surface area contributed by atoms with E-state index in [1.807, 2.05) is 24.3 Å². The molecule has 0 saturated heterocycles. The van der Waals surface area contributed by atoms with E-state index in [2.05, 4.69) is 19.2 Å². The molecule has 0 atom stereocenters. The zero-order valence-corrected chi connectivity index (χ0v) is 12.4. The van der Waals surface area contributed by atoms with Crippen LogP contribution in [0.1, 0.15) is 24.2 Å². The molecule has 1 amide bonds. The smallest absolute Gasteiger partial charge is 0.255 e. The van der Waals surface area contributed by atoms with Crippen molar-refractivity contribution in [2.24, 2.45) is 5.92 Å². The summed E-state index contributed by atoms with van der Waals surface area (Å²) in [5, 5.41) is 14.6. The third kappa shape index (κ3) is 4.20. The predicted molar refractivity (Wildman–Crippen MR) is 83.6 cm³/mol. The number of amides is 1. The van der Waals surface area contributed by atoms with Crippen molar-refractivity contribution in [2.45, 2.75) is 13.8 Å². The average molecular weight is 287 g/mol. The van der Waals surface area contributed by atoms with Crippen LogP contribution >= 0.6 is 0 Å². The lowest BCUT2D eigenvalue weighted by molar-refractivity contribution is 0.0884. The highest BCUT2D eigenvalue weighted by atomic mass is 16.5. The lowest BCUT2D eigenvalue weighted by Crippen LogP contribution is -2.27. The zero-order chi connectivity index (χ0) is 15.2. The Bertz CT molecular complexity index is 622. The van der Waals surface area contributed by atoms with Gasteiger partial charge in [-0.3, -0.25) is 4.79 Å². The lowest BCUT2D eigenvalue weighted by Gasteiger charge is -2.10. The van der Waals surface area contributed by atoms with Crippen molar-refractivity contribution in [3.05, 3.63) is 42.0 Å². The van der Waals surface area contributed by atoms with Gasteiger partial charge in [-0.25, -0.2) is 0 Å². The minimum absolute atomic E-state index is 0.00528. The molecule has 2 aromatic rings. The van der Waals surface area contributed by atoms with Gasteiger partial charge in [0.1, 0.15) is 5.75 Å². The van der Waals surface area contributed by atoms with Crippen LogP contribution in [0, 0.1) is 5.92 Å². The number of carbonyl (C=O) groups is 1. The SMILES string of the molecule is CC(C)COCCNC(=O)c1cc2ccccc2cc1O. The first-order valence-electron chi connectivity index (χ1n) is 7.15. The van der Waals surface area contributed by atoms with Gasteiger partial charge < -0.3 is 15.2 Å². The van der Waals surface area contributed by atoms with E-state index < -0.39 is 0 Å². The molecule has 0 unspecified atom stereocenters. The van der Waals surface area contributed by atoms with Gasteiger partial charge in [0.05, 0.1) is 12.2 Å². The largest absolute Gasteiger partial charge is 0.507 e. The van der Waals surface area contributed by atoms with Crippen LogP contribution in [0.5, 0.6) is 5.75 Å². The lowest BCUT2D eigenvalue weighted by atomic mass is 10.1. The van der Waals surface area contributed by atoms with Crippen LogP contribution in [0.3, 0.4) is 0 Å². The molecule has 2 rings (SSSR count). The first kappa shape index (κ1) is 15.3. The molecular formula is C17H21NO3. The Morgan fingerprint density at radius 1 is 1.24 bits per heavy atom. The highest BCUT2D eigenvalue weighted by molar-refractivity contribution is 6.01. The highest BCUT2D eigenvalue weighted by Gasteiger charge is 2.11. The molecule has 0 aromatic heterocycles. The summed E-state index contributed by atoms with van der Waals surface area (Å²) in [6, 6.07) is 10.9. The minimum atomic E-state index is -0.286. The summed E-state index contributed by atoms with van der Waals surface area (Å²) in [6.45, 7) is 5.73. The van der Waals surface area contributed by atoms with E-state index in [1.165, 1.54) is 0 Å². The maximum Gasteiger partial charge on any atom is 0.255 e. The zero-order valence-electron chi connectivity index (χ0n) is 12.4. The van der Waals surface area contributed by atoms with E-state index in [1.54, 1.807) is 12.1 Å². The van der Waals surface area contributed by atoms with Gasteiger partial charge in [-0.2, -0.15) is 0 Å². The number of rotatable bonds is 6. The van der Waals surface area contributed by atoms with Crippen molar-refractivity contribution in [3.8, 4) is 5.75 Å². The van der Waals surface area contributed by atoms with Gasteiger partial charge in [-0.1, -0.05) is 38.1 Å². The normalized spacial score (nSPS) is 11.0. The number of carbonyl (C=O) groups excluding carboxylic acids is 1. The van der Waals surface area contributed by atoms with E-state index in [9.17, 15) is 9.90 Å². The maximum atomic E-state index is 12.1. The molecule has 0 aliphatic heterocycles. The van der Waals surface area contributed by atoms with Crippen molar-refractivity contribution in [3.63, 3.8) is 0 Å². The summed E-state index contributed by atoms with van der Waals surface area (Å²) in [7, 11) is 0. The Morgan fingerprint density at radius 3 is 2.57 bits per heavy atom. The number of nitrogens with one attached hydrogen (secondary N) is 1. The fourth-order valence-corrected chi connectivity index (χ4v) is 2.06. The summed E-state index contributed by atoms with van der Waals surface area (Å²) >= 11 is 0. The second-order valence-corrected chi connectivity index (χ2v) is 5.44. The van der Waals surface area contributed by atoms with Crippen LogP contribution in [0.2, 0.25) is 0 Å². The summed E-state index contributed by atoms with van der Waals surface area (Å²) in [6.07, 6.45) is 0. The fraction of sp³-hybridized carbons (Fsp3) is 0.353. The van der Waals surface area contributed by atoms with E-state index >= 15 is 0 Å². The van der Waals surface area contributed by atoms with Gasteiger partial charge in [0.15, 0.2) is 0 Å². The number of fused-ring (bicyclic) bond motifs is 1. The van der Waals surface area contributed by atoms with Crippen LogP contribution in [-0.4, -0.2) is 30.8 Å². The topological polar surface area (TPSA) is 58.6 Å². The summed E-state index contributed by atoms with van der Waals surface area (Å²) in [4.78, 5) is 12.1. The molecule has 0 heterocycles. The molecular weight excluding hydrogens is 266 g/mol. The van der Waals surface area contributed by atoms with Crippen molar-refractivity contribution in [1.29, 1.82) is 0 Å². The maximum absolute atomic E-state index is 12.1. The molecule has 2 aromatic carbocycles. The summed E-state index contributed by atoms with van der Waals surface area (Å²) < 4.78 is 5.40. The Balaban J connectivity index is 1.97. The molecule has 4 nitrogen and oxygen atoms in total. The van der Waals surface area contributed by atoms with Crippen LogP contribution < -0.4 is 5.32 Å². The van der Waals surface area contributed by atoms with Crippen LogP contribution in [0.4, 0.5) is 0 Å². The van der Waals surface area contributed by atoms with Gasteiger partial charge in [0.25, 0.3) is 5.91 Å². The molecule has 0 spiro atoms. The Hall–Kier alpha value is -2.07. The molecule has 0 saturated carbocycles. The molecule has 0 aliphatic rings.